The Bertz CT molecular complexity index is 434. The topological polar surface area (TPSA) is 46.5 Å². The minimum atomic E-state index is -1.40. The molecule has 1 heterocycles. The zero-order valence-corrected chi connectivity index (χ0v) is 7.41. The third-order valence-electron chi connectivity index (χ3n) is 2.12. The first kappa shape index (κ1) is 9.64. The number of cyclic esters (lactones) is 1. The van der Waals surface area contributed by atoms with E-state index < -0.39 is 34.8 Å². The molecule has 1 aliphatic rings. The summed E-state index contributed by atoms with van der Waals surface area (Å²) in [5, 5.41) is 9.24. The Labute approximate surface area is 83.6 Å². The minimum Gasteiger partial charge on any atom is -0.508 e. The van der Waals surface area contributed by atoms with Crippen molar-refractivity contribution >= 4 is 5.97 Å². The predicted octanol–water partition coefficient (Wildman–Crippen LogP) is 2.00. The van der Waals surface area contributed by atoms with E-state index in [1.807, 2.05) is 0 Å². The van der Waals surface area contributed by atoms with Crippen LogP contribution in [0.1, 0.15) is 11.5 Å². The Kier molecular flexibility index (Phi) is 2.15. The standard InChI is InChI=1S/C10H6F2O3/c11-5-2-1-3-6(12)8(5)9-7(13)4-15-10(9)14/h1-4,9,13H. The third kappa shape index (κ3) is 1.45. The lowest BCUT2D eigenvalue weighted by Crippen LogP contribution is -2.13. The number of aliphatic hydroxyl groups excluding tert-OH is 1. The third-order valence-corrected chi connectivity index (χ3v) is 2.12. The van der Waals surface area contributed by atoms with Crippen molar-refractivity contribution in [1.29, 1.82) is 0 Å². The quantitative estimate of drug-likeness (QED) is 0.724. The molecule has 0 spiro atoms. The van der Waals surface area contributed by atoms with Crippen molar-refractivity contribution in [2.45, 2.75) is 5.92 Å². The number of ether oxygens (including phenoxy) is 1. The van der Waals surface area contributed by atoms with Gasteiger partial charge in [-0.1, -0.05) is 6.07 Å². The summed E-state index contributed by atoms with van der Waals surface area (Å²) in [5.74, 6) is -4.57. The lowest BCUT2D eigenvalue weighted by Gasteiger charge is -2.09. The van der Waals surface area contributed by atoms with Crippen LogP contribution in [0.25, 0.3) is 0 Å². The monoisotopic (exact) mass is 212 g/mol. The average Bonchev–Trinajstić information content (AvgIpc) is 2.49. The molecule has 1 atom stereocenters. The number of hydrogen-bond donors (Lipinski definition) is 1. The number of hydrogen-bond acceptors (Lipinski definition) is 3. The Morgan fingerprint density at radius 1 is 1.27 bits per heavy atom. The molecule has 0 radical (unpaired) electrons. The highest BCUT2D eigenvalue weighted by Crippen LogP contribution is 2.32. The van der Waals surface area contributed by atoms with E-state index in [1.54, 1.807) is 0 Å². The Hall–Kier alpha value is -1.91. The summed E-state index contributed by atoms with van der Waals surface area (Å²) in [6.45, 7) is 0. The van der Waals surface area contributed by atoms with Crippen molar-refractivity contribution in [3.8, 4) is 0 Å². The highest BCUT2D eigenvalue weighted by atomic mass is 19.1. The van der Waals surface area contributed by atoms with Gasteiger partial charge in [0.2, 0.25) is 0 Å². The molecule has 5 heteroatoms. The Balaban J connectivity index is 2.54. The molecule has 1 aromatic carbocycles. The molecule has 15 heavy (non-hydrogen) atoms. The molecule has 0 bridgehead atoms. The molecule has 1 aliphatic heterocycles. The summed E-state index contributed by atoms with van der Waals surface area (Å²) in [5.41, 5.74) is -0.492. The van der Waals surface area contributed by atoms with Crippen LogP contribution in [0.3, 0.4) is 0 Å². The van der Waals surface area contributed by atoms with Gasteiger partial charge in [-0.05, 0) is 12.1 Å². The van der Waals surface area contributed by atoms with Gasteiger partial charge in [-0.2, -0.15) is 0 Å². The summed E-state index contributed by atoms with van der Waals surface area (Å²) in [6.07, 6.45) is 0.777. The SMILES string of the molecule is O=C1OC=C(O)C1c1c(F)cccc1F. The smallest absolute Gasteiger partial charge is 0.326 e. The Morgan fingerprint density at radius 3 is 2.33 bits per heavy atom. The van der Waals surface area contributed by atoms with Crippen LogP contribution in [0.5, 0.6) is 0 Å². The van der Waals surface area contributed by atoms with E-state index in [-0.39, 0.29) is 0 Å². The number of benzene rings is 1. The molecular weight excluding hydrogens is 206 g/mol. The molecule has 3 nitrogen and oxygen atoms in total. The van der Waals surface area contributed by atoms with E-state index in [9.17, 15) is 18.7 Å². The van der Waals surface area contributed by atoms with Gasteiger partial charge in [-0.3, -0.25) is 4.79 Å². The fourth-order valence-electron chi connectivity index (χ4n) is 1.43. The van der Waals surface area contributed by atoms with Gasteiger partial charge in [-0.15, -0.1) is 0 Å². The molecule has 1 N–H and O–H groups in total. The van der Waals surface area contributed by atoms with Crippen molar-refractivity contribution < 1.29 is 23.4 Å². The molecule has 0 saturated heterocycles. The van der Waals surface area contributed by atoms with Gasteiger partial charge in [0.25, 0.3) is 0 Å². The van der Waals surface area contributed by atoms with Crippen LogP contribution in [0.15, 0.2) is 30.2 Å². The van der Waals surface area contributed by atoms with Gasteiger partial charge in [0, 0.05) is 5.56 Å². The first-order valence-corrected chi connectivity index (χ1v) is 4.14. The molecule has 1 unspecified atom stereocenters. The maximum atomic E-state index is 13.3. The first-order valence-electron chi connectivity index (χ1n) is 4.14. The lowest BCUT2D eigenvalue weighted by molar-refractivity contribution is -0.137. The molecule has 0 aromatic heterocycles. The van der Waals surface area contributed by atoms with Gasteiger partial charge < -0.3 is 9.84 Å². The van der Waals surface area contributed by atoms with Gasteiger partial charge in [0.1, 0.15) is 29.6 Å². The molecule has 1 aromatic rings. The first-order chi connectivity index (χ1) is 7.11. The highest BCUT2D eigenvalue weighted by Gasteiger charge is 2.36. The van der Waals surface area contributed by atoms with E-state index in [1.165, 1.54) is 6.07 Å². The summed E-state index contributed by atoms with van der Waals surface area (Å²) in [7, 11) is 0. The van der Waals surface area contributed by atoms with Crippen LogP contribution >= 0.6 is 0 Å². The number of halogens is 2. The number of carbonyl (C=O) groups is 1. The van der Waals surface area contributed by atoms with E-state index in [0.29, 0.717) is 0 Å². The van der Waals surface area contributed by atoms with Crippen molar-refractivity contribution in [3.05, 3.63) is 47.4 Å². The van der Waals surface area contributed by atoms with Crippen molar-refractivity contribution in [2.75, 3.05) is 0 Å². The molecular formula is C10H6F2O3. The second kappa shape index (κ2) is 3.34. The number of carbonyl (C=O) groups excluding carboxylic acids is 1. The zero-order valence-electron chi connectivity index (χ0n) is 7.41. The largest absolute Gasteiger partial charge is 0.508 e. The van der Waals surface area contributed by atoms with Crippen LogP contribution in [-0.2, 0) is 9.53 Å². The predicted molar refractivity (Wildman–Crippen MR) is 45.9 cm³/mol. The van der Waals surface area contributed by atoms with Crippen LogP contribution in [-0.4, -0.2) is 11.1 Å². The molecule has 0 fully saturated rings. The molecule has 0 saturated carbocycles. The summed E-state index contributed by atoms with van der Waals surface area (Å²) < 4.78 is 30.9. The normalized spacial score (nSPS) is 20.0. The number of esters is 1. The maximum Gasteiger partial charge on any atom is 0.326 e. The van der Waals surface area contributed by atoms with Gasteiger partial charge in [0.05, 0.1) is 0 Å². The highest BCUT2D eigenvalue weighted by molar-refractivity contribution is 5.84. The lowest BCUT2D eigenvalue weighted by atomic mass is 9.97. The van der Waals surface area contributed by atoms with E-state index >= 15 is 0 Å². The molecule has 0 amide bonds. The van der Waals surface area contributed by atoms with Gasteiger partial charge in [-0.25, -0.2) is 8.78 Å². The number of rotatable bonds is 1. The summed E-state index contributed by atoms with van der Waals surface area (Å²) in [6, 6.07) is 3.20. The molecule has 2 rings (SSSR count). The van der Waals surface area contributed by atoms with E-state index in [4.69, 9.17) is 0 Å². The van der Waals surface area contributed by atoms with Crippen LogP contribution in [0, 0.1) is 11.6 Å². The van der Waals surface area contributed by atoms with Crippen LogP contribution in [0.4, 0.5) is 8.78 Å². The van der Waals surface area contributed by atoms with E-state index in [0.717, 1.165) is 18.4 Å². The minimum absolute atomic E-state index is 0.492. The fraction of sp³-hybridized carbons (Fsp3) is 0.100. The van der Waals surface area contributed by atoms with Gasteiger partial charge >= 0.3 is 5.97 Å². The second-order valence-electron chi connectivity index (χ2n) is 3.05. The number of aliphatic hydroxyl groups is 1. The molecule has 0 aliphatic carbocycles. The summed E-state index contributed by atoms with van der Waals surface area (Å²) >= 11 is 0. The zero-order chi connectivity index (χ0) is 11.0. The fourth-order valence-corrected chi connectivity index (χ4v) is 1.43. The van der Waals surface area contributed by atoms with E-state index in [2.05, 4.69) is 4.74 Å². The molecule has 78 valence electrons. The van der Waals surface area contributed by atoms with Crippen molar-refractivity contribution in [3.63, 3.8) is 0 Å². The van der Waals surface area contributed by atoms with Gasteiger partial charge in [0.15, 0.2) is 0 Å². The average molecular weight is 212 g/mol. The van der Waals surface area contributed by atoms with Crippen molar-refractivity contribution in [2.24, 2.45) is 0 Å². The van der Waals surface area contributed by atoms with Crippen molar-refractivity contribution in [1.82, 2.24) is 0 Å². The second-order valence-corrected chi connectivity index (χ2v) is 3.05. The maximum absolute atomic E-state index is 13.3. The van der Waals surface area contributed by atoms with Crippen LogP contribution < -0.4 is 0 Å². The summed E-state index contributed by atoms with van der Waals surface area (Å²) in [4.78, 5) is 11.1. The Morgan fingerprint density at radius 2 is 1.87 bits per heavy atom. The van der Waals surface area contributed by atoms with Crippen LogP contribution in [0.2, 0.25) is 0 Å².